The number of hydrogen-bond donors (Lipinski definition) is 1. The van der Waals surface area contributed by atoms with Gasteiger partial charge in [-0.3, -0.25) is 4.79 Å². The van der Waals surface area contributed by atoms with E-state index in [0.29, 0.717) is 13.0 Å². The Kier molecular flexibility index (Phi) is 5.92. The second-order valence-electron chi connectivity index (χ2n) is 4.88. The molecule has 2 aromatic rings. The molecule has 0 bridgehead atoms. The van der Waals surface area contributed by atoms with Gasteiger partial charge in [0.15, 0.2) is 0 Å². The predicted octanol–water partition coefficient (Wildman–Crippen LogP) is 3.16. The number of rotatable bonds is 6. The maximum Gasteiger partial charge on any atom is 0.255 e. The van der Waals surface area contributed by atoms with Gasteiger partial charge in [-0.1, -0.05) is 41.9 Å². The lowest BCUT2D eigenvalue weighted by Crippen LogP contribution is -2.35. The molecule has 0 radical (unpaired) electrons. The molecule has 0 aliphatic carbocycles. The zero-order chi connectivity index (χ0) is 15.9. The van der Waals surface area contributed by atoms with Crippen LogP contribution in [0.15, 0.2) is 48.5 Å². The predicted molar refractivity (Wildman–Crippen MR) is 84.5 cm³/mol. The Morgan fingerprint density at radius 3 is 2.50 bits per heavy atom. The van der Waals surface area contributed by atoms with Crippen LogP contribution in [0.5, 0.6) is 0 Å². The highest BCUT2D eigenvalue weighted by molar-refractivity contribution is 6.33. The number of carbonyl (C=O) groups excluding carboxylic acids is 1. The molecule has 0 fully saturated rings. The SMILES string of the molecule is O=C(c1ccc(F)cc1Cl)N(CCO)CCc1ccccc1. The summed E-state index contributed by atoms with van der Waals surface area (Å²) < 4.78 is 13.1. The van der Waals surface area contributed by atoms with Crippen LogP contribution in [0.3, 0.4) is 0 Å². The van der Waals surface area contributed by atoms with Gasteiger partial charge in [-0.15, -0.1) is 0 Å². The van der Waals surface area contributed by atoms with E-state index in [1.165, 1.54) is 17.0 Å². The van der Waals surface area contributed by atoms with Crippen LogP contribution in [-0.4, -0.2) is 35.6 Å². The maximum absolute atomic E-state index is 13.1. The van der Waals surface area contributed by atoms with Gasteiger partial charge in [0.1, 0.15) is 5.82 Å². The van der Waals surface area contributed by atoms with Crippen molar-refractivity contribution >= 4 is 17.5 Å². The first-order valence-electron chi connectivity index (χ1n) is 7.01. The number of halogens is 2. The van der Waals surface area contributed by atoms with E-state index in [9.17, 15) is 9.18 Å². The van der Waals surface area contributed by atoms with E-state index < -0.39 is 5.82 Å². The van der Waals surface area contributed by atoms with Gasteiger partial charge >= 0.3 is 0 Å². The van der Waals surface area contributed by atoms with Gasteiger partial charge in [-0.25, -0.2) is 4.39 Å². The van der Waals surface area contributed by atoms with E-state index >= 15 is 0 Å². The lowest BCUT2D eigenvalue weighted by Gasteiger charge is -2.22. The Morgan fingerprint density at radius 1 is 1.14 bits per heavy atom. The van der Waals surface area contributed by atoms with Crippen LogP contribution in [0.2, 0.25) is 5.02 Å². The van der Waals surface area contributed by atoms with E-state index in [1.807, 2.05) is 30.3 Å². The zero-order valence-electron chi connectivity index (χ0n) is 12.0. The summed E-state index contributed by atoms with van der Waals surface area (Å²) in [6, 6.07) is 13.4. The summed E-state index contributed by atoms with van der Waals surface area (Å²) in [7, 11) is 0. The van der Waals surface area contributed by atoms with Crippen molar-refractivity contribution in [2.24, 2.45) is 0 Å². The number of hydrogen-bond acceptors (Lipinski definition) is 2. The minimum atomic E-state index is -0.487. The molecule has 1 amide bonds. The molecule has 0 aliphatic rings. The molecule has 1 N–H and O–H groups in total. The fourth-order valence-corrected chi connectivity index (χ4v) is 2.43. The van der Waals surface area contributed by atoms with Crippen molar-refractivity contribution in [3.05, 3.63) is 70.5 Å². The van der Waals surface area contributed by atoms with Crippen LogP contribution >= 0.6 is 11.6 Å². The van der Waals surface area contributed by atoms with E-state index in [1.54, 1.807) is 0 Å². The first-order chi connectivity index (χ1) is 10.6. The van der Waals surface area contributed by atoms with Crippen molar-refractivity contribution in [2.45, 2.75) is 6.42 Å². The number of carbonyl (C=O) groups is 1. The molecule has 22 heavy (non-hydrogen) atoms. The molecule has 2 aromatic carbocycles. The van der Waals surface area contributed by atoms with Gasteiger partial charge in [0.2, 0.25) is 0 Å². The van der Waals surface area contributed by atoms with E-state index in [2.05, 4.69) is 0 Å². The highest BCUT2D eigenvalue weighted by Crippen LogP contribution is 2.19. The molecule has 5 heteroatoms. The topological polar surface area (TPSA) is 40.5 Å². The normalized spacial score (nSPS) is 10.5. The third kappa shape index (κ3) is 4.29. The molecular formula is C17H17ClFNO2. The molecule has 0 aliphatic heterocycles. The molecule has 0 saturated heterocycles. The van der Waals surface area contributed by atoms with E-state index in [4.69, 9.17) is 16.7 Å². The van der Waals surface area contributed by atoms with E-state index in [0.717, 1.165) is 11.6 Å². The molecule has 0 atom stereocenters. The molecule has 0 saturated carbocycles. The first-order valence-corrected chi connectivity index (χ1v) is 7.38. The smallest absolute Gasteiger partial charge is 0.255 e. The summed E-state index contributed by atoms with van der Waals surface area (Å²) in [5.74, 6) is -0.797. The Balaban J connectivity index is 2.11. The third-order valence-corrected chi connectivity index (χ3v) is 3.64. The Hall–Kier alpha value is -1.91. The summed E-state index contributed by atoms with van der Waals surface area (Å²) in [5.41, 5.74) is 1.34. The van der Waals surface area contributed by atoms with Crippen molar-refractivity contribution in [2.75, 3.05) is 19.7 Å². The van der Waals surface area contributed by atoms with Crippen molar-refractivity contribution in [3.8, 4) is 0 Å². The van der Waals surface area contributed by atoms with Gasteiger partial charge in [0, 0.05) is 13.1 Å². The van der Waals surface area contributed by atoms with Crippen LogP contribution in [0.1, 0.15) is 15.9 Å². The number of aliphatic hydroxyl groups excluding tert-OH is 1. The van der Waals surface area contributed by atoms with Crippen LogP contribution in [-0.2, 0) is 6.42 Å². The van der Waals surface area contributed by atoms with Crippen LogP contribution in [0, 0.1) is 5.82 Å². The van der Waals surface area contributed by atoms with Gasteiger partial charge in [0.25, 0.3) is 5.91 Å². The monoisotopic (exact) mass is 321 g/mol. The molecule has 0 aromatic heterocycles. The second kappa shape index (κ2) is 7.92. The number of nitrogens with zero attached hydrogens (tertiary/aromatic N) is 1. The summed E-state index contributed by atoms with van der Waals surface area (Å²) in [5, 5.41) is 9.23. The summed E-state index contributed by atoms with van der Waals surface area (Å²) in [6.07, 6.45) is 0.672. The quantitative estimate of drug-likeness (QED) is 0.888. The Labute approximate surface area is 133 Å². The average molecular weight is 322 g/mol. The fourth-order valence-electron chi connectivity index (χ4n) is 2.18. The Bertz CT molecular complexity index is 634. The van der Waals surface area contributed by atoms with Crippen molar-refractivity contribution in [1.82, 2.24) is 4.90 Å². The number of aliphatic hydroxyl groups is 1. The van der Waals surface area contributed by atoms with Crippen molar-refractivity contribution in [3.63, 3.8) is 0 Å². The fraction of sp³-hybridized carbons (Fsp3) is 0.235. The highest BCUT2D eigenvalue weighted by atomic mass is 35.5. The molecule has 0 spiro atoms. The molecular weight excluding hydrogens is 305 g/mol. The van der Waals surface area contributed by atoms with Gasteiger partial charge in [-0.2, -0.15) is 0 Å². The Morgan fingerprint density at radius 2 is 1.86 bits per heavy atom. The van der Waals surface area contributed by atoms with Crippen LogP contribution < -0.4 is 0 Å². The van der Waals surface area contributed by atoms with Gasteiger partial charge in [0.05, 0.1) is 17.2 Å². The number of benzene rings is 2. The molecule has 0 unspecified atom stereocenters. The third-order valence-electron chi connectivity index (χ3n) is 3.33. The number of amides is 1. The molecule has 3 nitrogen and oxygen atoms in total. The minimum Gasteiger partial charge on any atom is -0.395 e. The summed E-state index contributed by atoms with van der Waals surface area (Å²) in [4.78, 5) is 14.0. The molecule has 0 heterocycles. The minimum absolute atomic E-state index is 0.0765. The van der Waals surface area contributed by atoms with Crippen molar-refractivity contribution < 1.29 is 14.3 Å². The average Bonchev–Trinajstić information content (AvgIpc) is 2.52. The summed E-state index contributed by atoms with van der Waals surface area (Å²) >= 11 is 5.94. The van der Waals surface area contributed by atoms with Gasteiger partial charge < -0.3 is 10.0 Å². The van der Waals surface area contributed by atoms with Crippen LogP contribution in [0.4, 0.5) is 4.39 Å². The highest BCUT2D eigenvalue weighted by Gasteiger charge is 2.18. The first kappa shape index (κ1) is 16.5. The molecule has 2 rings (SSSR count). The van der Waals surface area contributed by atoms with Crippen LogP contribution in [0.25, 0.3) is 0 Å². The largest absolute Gasteiger partial charge is 0.395 e. The van der Waals surface area contributed by atoms with E-state index in [-0.39, 0.29) is 29.6 Å². The van der Waals surface area contributed by atoms with Gasteiger partial charge in [-0.05, 0) is 30.2 Å². The molecule has 116 valence electrons. The van der Waals surface area contributed by atoms with Crippen molar-refractivity contribution in [1.29, 1.82) is 0 Å². The maximum atomic E-state index is 13.1. The zero-order valence-corrected chi connectivity index (χ0v) is 12.8. The standard InChI is InChI=1S/C17H17ClFNO2/c18-16-12-14(19)6-7-15(16)17(22)20(10-11-21)9-8-13-4-2-1-3-5-13/h1-7,12,21H,8-11H2. The summed E-state index contributed by atoms with van der Waals surface area (Å²) in [6.45, 7) is 0.524. The lowest BCUT2D eigenvalue weighted by atomic mass is 10.1. The lowest BCUT2D eigenvalue weighted by molar-refractivity contribution is 0.0724. The second-order valence-corrected chi connectivity index (χ2v) is 5.28.